The number of aromatic nitrogens is 5. The van der Waals surface area contributed by atoms with E-state index in [1.807, 2.05) is 54.0 Å². The van der Waals surface area contributed by atoms with E-state index >= 15 is 0 Å². The Labute approximate surface area is 237 Å². The lowest BCUT2D eigenvalue weighted by Crippen LogP contribution is -2.06. The first kappa shape index (κ1) is 22.4. The molecule has 7 heteroatoms. The second-order valence-corrected chi connectivity index (χ2v) is 10.9. The van der Waals surface area contributed by atoms with Crippen LogP contribution in [-0.2, 0) is 0 Å². The summed E-state index contributed by atoms with van der Waals surface area (Å²) in [6, 6.07) is 37.1. The molecule has 5 aromatic carbocycles. The summed E-state index contributed by atoms with van der Waals surface area (Å²) in [6.45, 7) is 0. The molecular formula is C34H19N5OS. The third-order valence-electron chi connectivity index (χ3n) is 7.64. The Balaban J connectivity index is 1.35. The maximum atomic E-state index is 6.21. The molecule has 6 nitrogen and oxygen atoms in total. The Morgan fingerprint density at radius 3 is 2.12 bits per heavy atom. The van der Waals surface area contributed by atoms with Crippen LogP contribution in [0.4, 0.5) is 0 Å². The van der Waals surface area contributed by atoms with Crippen LogP contribution in [0.3, 0.4) is 0 Å². The van der Waals surface area contributed by atoms with E-state index in [-0.39, 0.29) is 0 Å². The number of hydrogen-bond donors (Lipinski definition) is 0. The van der Waals surface area contributed by atoms with E-state index in [1.165, 1.54) is 0 Å². The highest BCUT2D eigenvalue weighted by Gasteiger charge is 2.19. The van der Waals surface area contributed by atoms with Gasteiger partial charge in [-0.2, -0.15) is 9.97 Å². The molecule has 0 bridgehead atoms. The molecule has 0 N–H and O–H groups in total. The fraction of sp³-hybridized carbons (Fsp3) is 0. The molecule has 0 atom stereocenters. The van der Waals surface area contributed by atoms with Crippen molar-refractivity contribution in [3.8, 4) is 28.7 Å². The second-order valence-electron chi connectivity index (χ2n) is 9.97. The molecule has 4 heterocycles. The second kappa shape index (κ2) is 8.55. The van der Waals surface area contributed by atoms with Gasteiger partial charge in [0.25, 0.3) is 0 Å². The summed E-state index contributed by atoms with van der Waals surface area (Å²) >= 11 is 1.61. The first-order valence-electron chi connectivity index (χ1n) is 13.3. The molecule has 0 spiro atoms. The van der Waals surface area contributed by atoms with Gasteiger partial charge in [-0.05, 0) is 42.5 Å². The van der Waals surface area contributed by atoms with Crippen molar-refractivity contribution < 1.29 is 4.42 Å². The van der Waals surface area contributed by atoms with Gasteiger partial charge in [-0.3, -0.25) is 4.57 Å². The average Bonchev–Trinajstić information content (AvgIpc) is 3.74. The number of para-hydroxylation sites is 4. The largest absolute Gasteiger partial charge is 0.456 e. The van der Waals surface area contributed by atoms with Gasteiger partial charge in [0.05, 0.1) is 26.8 Å². The van der Waals surface area contributed by atoms with Gasteiger partial charge in [0.1, 0.15) is 11.2 Å². The smallest absolute Gasteiger partial charge is 0.238 e. The molecule has 4 aromatic heterocycles. The zero-order chi connectivity index (χ0) is 26.9. The summed E-state index contributed by atoms with van der Waals surface area (Å²) in [6.07, 6.45) is 0. The molecule has 9 rings (SSSR count). The van der Waals surface area contributed by atoms with Crippen molar-refractivity contribution in [1.29, 1.82) is 0 Å². The predicted octanol–water partition coefficient (Wildman–Crippen LogP) is 8.81. The fourth-order valence-electron chi connectivity index (χ4n) is 5.78. The summed E-state index contributed by atoms with van der Waals surface area (Å²) in [4.78, 5) is 19.8. The van der Waals surface area contributed by atoms with E-state index in [0.29, 0.717) is 17.6 Å². The average molecular weight is 546 g/mol. The molecule has 192 valence electrons. The van der Waals surface area contributed by atoms with Crippen LogP contribution in [0.5, 0.6) is 0 Å². The summed E-state index contributed by atoms with van der Waals surface area (Å²) in [5.74, 6) is 1.70. The summed E-state index contributed by atoms with van der Waals surface area (Å²) in [5.41, 5.74) is 8.21. The van der Waals surface area contributed by atoms with Gasteiger partial charge in [-0.25, -0.2) is 9.97 Å². The molecule has 0 aliphatic carbocycles. The predicted molar refractivity (Wildman–Crippen MR) is 165 cm³/mol. The minimum absolute atomic E-state index is 0.555. The Kier molecular flexibility index (Phi) is 4.67. The highest BCUT2D eigenvalue weighted by Crippen LogP contribution is 2.35. The van der Waals surface area contributed by atoms with E-state index in [1.54, 1.807) is 11.3 Å². The van der Waals surface area contributed by atoms with Crippen molar-refractivity contribution in [3.05, 3.63) is 115 Å². The van der Waals surface area contributed by atoms with Gasteiger partial charge >= 0.3 is 0 Å². The van der Waals surface area contributed by atoms with E-state index in [4.69, 9.17) is 19.4 Å². The fourth-order valence-corrected chi connectivity index (χ4v) is 6.49. The molecule has 0 saturated heterocycles. The molecule has 0 fully saturated rings. The van der Waals surface area contributed by atoms with Crippen LogP contribution in [-0.4, -0.2) is 24.5 Å². The van der Waals surface area contributed by atoms with Crippen LogP contribution in [0, 0.1) is 0 Å². The van der Waals surface area contributed by atoms with Gasteiger partial charge in [-0.1, -0.05) is 66.7 Å². The maximum absolute atomic E-state index is 6.21. The summed E-state index contributed by atoms with van der Waals surface area (Å²) in [7, 11) is 0. The Bertz CT molecular complexity index is 2400. The van der Waals surface area contributed by atoms with Gasteiger partial charge in [0.15, 0.2) is 11.6 Å². The van der Waals surface area contributed by atoms with Crippen molar-refractivity contribution >= 4 is 65.3 Å². The molecule has 0 unspecified atom stereocenters. The lowest BCUT2D eigenvalue weighted by molar-refractivity contribution is 0.669. The summed E-state index contributed by atoms with van der Waals surface area (Å²) in [5, 5.41) is 4.45. The topological polar surface area (TPSA) is 69.6 Å². The van der Waals surface area contributed by atoms with Crippen molar-refractivity contribution in [2.75, 3.05) is 0 Å². The molecular weight excluding hydrogens is 526 g/mol. The first-order chi connectivity index (χ1) is 20.3. The van der Waals surface area contributed by atoms with E-state index < -0.39 is 0 Å². The Morgan fingerprint density at radius 2 is 1.29 bits per heavy atom. The zero-order valence-corrected chi connectivity index (χ0v) is 22.3. The normalized spacial score (nSPS) is 11.9. The first-order valence-corrected chi connectivity index (χ1v) is 14.2. The SMILES string of the molecule is c1ccc2c(c1)oc1cc(-c3nc(-c4cccc5scnc45)nc(-n4c5ccccc5c5ccccc54)n3)ccc12. The highest BCUT2D eigenvalue weighted by molar-refractivity contribution is 7.16. The molecule has 41 heavy (non-hydrogen) atoms. The van der Waals surface area contributed by atoms with Crippen molar-refractivity contribution in [2.24, 2.45) is 0 Å². The number of furan rings is 1. The minimum Gasteiger partial charge on any atom is -0.456 e. The van der Waals surface area contributed by atoms with Crippen LogP contribution in [0.15, 0.2) is 119 Å². The maximum Gasteiger partial charge on any atom is 0.238 e. The Morgan fingerprint density at radius 1 is 0.585 bits per heavy atom. The lowest BCUT2D eigenvalue weighted by Gasteiger charge is -2.11. The van der Waals surface area contributed by atoms with Crippen molar-refractivity contribution in [2.45, 2.75) is 0 Å². The molecule has 9 aromatic rings. The minimum atomic E-state index is 0.555. The number of thiazole rings is 1. The van der Waals surface area contributed by atoms with Crippen molar-refractivity contribution in [1.82, 2.24) is 24.5 Å². The number of rotatable bonds is 3. The zero-order valence-electron chi connectivity index (χ0n) is 21.5. The third-order valence-corrected chi connectivity index (χ3v) is 8.44. The van der Waals surface area contributed by atoms with Gasteiger partial charge in [0.2, 0.25) is 5.95 Å². The van der Waals surface area contributed by atoms with Crippen LogP contribution in [0.2, 0.25) is 0 Å². The van der Waals surface area contributed by atoms with Crippen LogP contribution < -0.4 is 0 Å². The molecule has 0 saturated carbocycles. The Hall–Kier alpha value is -5.40. The standard InChI is InChI=1S/C34H19N5OS/c1-4-12-26-21(8-1)22-9-2-5-13-27(22)39(26)34-37-32(36-33(38-34)25-11-7-15-30-31(25)35-19-41-30)20-16-17-24-23-10-3-6-14-28(23)40-29(24)18-20/h1-19H. The summed E-state index contributed by atoms with van der Waals surface area (Å²) < 4.78 is 9.42. The molecule has 0 aliphatic rings. The van der Waals surface area contributed by atoms with E-state index in [9.17, 15) is 0 Å². The lowest BCUT2D eigenvalue weighted by atomic mass is 10.1. The van der Waals surface area contributed by atoms with Crippen LogP contribution >= 0.6 is 11.3 Å². The quantitative estimate of drug-likeness (QED) is 0.222. The van der Waals surface area contributed by atoms with E-state index in [0.717, 1.165) is 65.1 Å². The van der Waals surface area contributed by atoms with Gasteiger partial charge < -0.3 is 4.42 Å². The molecule has 0 amide bonds. The number of nitrogens with zero attached hydrogens (tertiary/aromatic N) is 5. The number of hydrogen-bond acceptors (Lipinski definition) is 6. The van der Waals surface area contributed by atoms with Gasteiger partial charge in [0, 0.05) is 32.7 Å². The van der Waals surface area contributed by atoms with E-state index in [2.05, 4.69) is 70.2 Å². The monoisotopic (exact) mass is 545 g/mol. The van der Waals surface area contributed by atoms with Crippen LogP contribution in [0.25, 0.3) is 82.7 Å². The number of fused-ring (bicyclic) bond motifs is 7. The van der Waals surface area contributed by atoms with Crippen molar-refractivity contribution in [3.63, 3.8) is 0 Å². The van der Waals surface area contributed by atoms with Crippen LogP contribution in [0.1, 0.15) is 0 Å². The highest BCUT2D eigenvalue weighted by atomic mass is 32.1. The third kappa shape index (κ3) is 3.36. The number of benzene rings is 5. The van der Waals surface area contributed by atoms with Gasteiger partial charge in [-0.15, -0.1) is 11.3 Å². The molecule has 0 radical (unpaired) electrons. The molecule has 0 aliphatic heterocycles.